The minimum absolute atomic E-state index is 0.260. The third-order valence-electron chi connectivity index (χ3n) is 9.76. The summed E-state index contributed by atoms with van der Waals surface area (Å²) in [5.41, 5.74) is 11.0. The summed E-state index contributed by atoms with van der Waals surface area (Å²) in [4.78, 5) is 16.6. The molecule has 6 rings (SSSR count). The van der Waals surface area contributed by atoms with E-state index >= 15 is 0 Å². The van der Waals surface area contributed by atoms with Crippen molar-refractivity contribution in [3.05, 3.63) is 104 Å². The van der Waals surface area contributed by atoms with Gasteiger partial charge in [0.2, 0.25) is 0 Å². The summed E-state index contributed by atoms with van der Waals surface area (Å²) in [7, 11) is 0. The van der Waals surface area contributed by atoms with Crippen LogP contribution >= 0.6 is 11.6 Å². The molecule has 0 spiro atoms. The summed E-state index contributed by atoms with van der Waals surface area (Å²) in [6, 6.07) is 19.8. The van der Waals surface area contributed by atoms with Gasteiger partial charge in [0.05, 0.1) is 11.6 Å². The van der Waals surface area contributed by atoms with E-state index in [1.54, 1.807) is 0 Å². The van der Waals surface area contributed by atoms with Crippen LogP contribution < -0.4 is 10.1 Å². The third-order valence-corrected chi connectivity index (χ3v) is 10.1. The zero-order valence-corrected chi connectivity index (χ0v) is 26.2. The standard InChI is InChI=1S/C37H43ClN2O2/c1-23-7-5-9-29(26(23)4)22-40(31-14-15-31)37(41)36-32(19-30-20-39-21-33(30)36)28-12-10-27(11-13-28)8-6-16-42-35-18-25(3)24(2)17-34(35)38/h5,7,9-13,17-18,30-31,33,39H,6,8,14-16,19-22H2,1-4H3/t30-,33+/m0/s1. The molecule has 1 amide bonds. The summed E-state index contributed by atoms with van der Waals surface area (Å²) >= 11 is 6.38. The highest BCUT2D eigenvalue weighted by atomic mass is 35.5. The van der Waals surface area contributed by atoms with Gasteiger partial charge in [0.1, 0.15) is 5.75 Å². The Balaban J connectivity index is 1.17. The minimum atomic E-state index is 0.260. The number of allylic oxidation sites excluding steroid dienone is 1. The van der Waals surface area contributed by atoms with Gasteiger partial charge in [-0.3, -0.25) is 4.79 Å². The molecule has 1 saturated carbocycles. The predicted octanol–water partition coefficient (Wildman–Crippen LogP) is 7.77. The number of nitrogens with zero attached hydrogens (tertiary/aromatic N) is 1. The number of nitrogens with one attached hydrogen (secondary N) is 1. The number of hydrogen-bond donors (Lipinski definition) is 1. The zero-order valence-electron chi connectivity index (χ0n) is 25.4. The van der Waals surface area contributed by atoms with Crippen LogP contribution in [0.3, 0.4) is 0 Å². The highest BCUT2D eigenvalue weighted by molar-refractivity contribution is 6.32. The summed E-state index contributed by atoms with van der Waals surface area (Å²) in [6.07, 6.45) is 5.05. The second kappa shape index (κ2) is 12.3. The summed E-state index contributed by atoms with van der Waals surface area (Å²) < 4.78 is 6.00. The van der Waals surface area contributed by atoms with Crippen molar-refractivity contribution >= 4 is 23.1 Å². The fourth-order valence-electron chi connectivity index (χ4n) is 6.71. The number of benzene rings is 3. The second-order valence-corrected chi connectivity index (χ2v) is 13.1. The largest absolute Gasteiger partial charge is 0.492 e. The Morgan fingerprint density at radius 2 is 1.74 bits per heavy atom. The van der Waals surface area contributed by atoms with Crippen molar-refractivity contribution in [3.63, 3.8) is 0 Å². The predicted molar refractivity (Wildman–Crippen MR) is 172 cm³/mol. The average Bonchev–Trinajstić information content (AvgIpc) is 3.61. The van der Waals surface area contributed by atoms with Crippen LogP contribution in [0, 0.1) is 39.5 Å². The molecule has 1 heterocycles. The van der Waals surface area contributed by atoms with Crippen molar-refractivity contribution in [3.8, 4) is 5.75 Å². The Kier molecular flexibility index (Phi) is 8.47. The number of halogens is 1. The first-order valence-corrected chi connectivity index (χ1v) is 16.0. The van der Waals surface area contributed by atoms with Crippen LogP contribution in [-0.4, -0.2) is 36.5 Å². The number of ether oxygens (including phenoxy) is 1. The molecule has 3 aromatic carbocycles. The summed E-state index contributed by atoms with van der Waals surface area (Å²) in [6.45, 7) is 11.7. The normalized spacial score (nSPS) is 19.7. The maximum atomic E-state index is 14.4. The van der Waals surface area contributed by atoms with Gasteiger partial charge in [-0.25, -0.2) is 0 Å². The molecule has 2 aliphatic carbocycles. The van der Waals surface area contributed by atoms with Crippen LogP contribution in [-0.2, 0) is 17.8 Å². The molecular formula is C37H43ClN2O2. The first-order valence-electron chi connectivity index (χ1n) is 15.6. The Morgan fingerprint density at radius 1 is 0.976 bits per heavy atom. The molecule has 0 unspecified atom stereocenters. The molecule has 2 fully saturated rings. The Hall–Kier alpha value is -3.08. The summed E-state index contributed by atoms with van der Waals surface area (Å²) in [5.74, 6) is 1.84. The molecule has 4 nitrogen and oxygen atoms in total. The lowest BCUT2D eigenvalue weighted by Crippen LogP contribution is -2.36. The Bertz CT molecular complexity index is 1500. The Labute approximate surface area is 256 Å². The van der Waals surface area contributed by atoms with E-state index in [2.05, 4.69) is 80.4 Å². The number of aryl methyl sites for hydroxylation is 4. The van der Waals surface area contributed by atoms with E-state index < -0.39 is 0 Å². The van der Waals surface area contributed by atoms with E-state index in [0.29, 0.717) is 36.1 Å². The van der Waals surface area contributed by atoms with Crippen molar-refractivity contribution in [2.45, 2.75) is 72.4 Å². The highest BCUT2D eigenvalue weighted by Gasteiger charge is 2.44. The highest BCUT2D eigenvalue weighted by Crippen LogP contribution is 2.46. The van der Waals surface area contributed by atoms with Crippen molar-refractivity contribution < 1.29 is 9.53 Å². The zero-order chi connectivity index (χ0) is 29.4. The lowest BCUT2D eigenvalue weighted by atomic mass is 9.93. The molecule has 220 valence electrons. The van der Waals surface area contributed by atoms with Gasteiger partial charge < -0.3 is 15.0 Å². The molecule has 2 atom stereocenters. The van der Waals surface area contributed by atoms with Gasteiger partial charge in [-0.05, 0) is 129 Å². The molecule has 1 aliphatic heterocycles. The molecule has 1 saturated heterocycles. The Morgan fingerprint density at radius 3 is 2.50 bits per heavy atom. The van der Waals surface area contributed by atoms with E-state index in [0.717, 1.165) is 56.5 Å². The van der Waals surface area contributed by atoms with Gasteiger partial charge >= 0.3 is 0 Å². The SMILES string of the molecule is Cc1cc(Cl)c(OCCCc2ccc(C3=C(C(=O)N(Cc4cccc(C)c4C)C4CC4)[C@@H]4CNC[C@@H]4C3)cc2)cc1C. The lowest BCUT2D eigenvalue weighted by Gasteiger charge is -2.27. The number of rotatable bonds is 10. The molecule has 42 heavy (non-hydrogen) atoms. The molecule has 0 bridgehead atoms. The van der Waals surface area contributed by atoms with Crippen molar-refractivity contribution in [2.24, 2.45) is 11.8 Å². The number of fused-ring (bicyclic) bond motifs is 1. The number of carbonyl (C=O) groups is 1. The first-order chi connectivity index (χ1) is 20.3. The van der Waals surface area contributed by atoms with E-state index in [-0.39, 0.29) is 5.91 Å². The third kappa shape index (κ3) is 6.02. The molecule has 1 N–H and O–H groups in total. The quantitative estimate of drug-likeness (QED) is 0.248. The van der Waals surface area contributed by atoms with Gasteiger partial charge in [-0.2, -0.15) is 0 Å². The molecule has 3 aliphatic rings. The topological polar surface area (TPSA) is 41.6 Å². The minimum Gasteiger partial charge on any atom is -0.492 e. The van der Waals surface area contributed by atoms with Gasteiger partial charge in [0.15, 0.2) is 0 Å². The van der Waals surface area contributed by atoms with Gasteiger partial charge in [0, 0.05) is 30.6 Å². The van der Waals surface area contributed by atoms with E-state index in [1.165, 1.54) is 44.5 Å². The second-order valence-electron chi connectivity index (χ2n) is 12.7. The summed E-state index contributed by atoms with van der Waals surface area (Å²) in [5, 5.41) is 4.24. The molecular weight excluding hydrogens is 540 g/mol. The maximum absolute atomic E-state index is 14.4. The first kappa shape index (κ1) is 29.0. The smallest absolute Gasteiger partial charge is 0.250 e. The van der Waals surface area contributed by atoms with Gasteiger partial charge in [-0.1, -0.05) is 54.1 Å². The monoisotopic (exact) mass is 582 g/mol. The molecule has 5 heteroatoms. The number of amides is 1. The fraction of sp³-hybridized carbons (Fsp3) is 0.432. The van der Waals surface area contributed by atoms with Crippen LogP contribution in [0.4, 0.5) is 0 Å². The van der Waals surface area contributed by atoms with Gasteiger partial charge in [-0.15, -0.1) is 0 Å². The van der Waals surface area contributed by atoms with E-state index in [1.807, 2.05) is 12.1 Å². The number of hydrogen-bond acceptors (Lipinski definition) is 3. The van der Waals surface area contributed by atoms with E-state index in [9.17, 15) is 4.79 Å². The van der Waals surface area contributed by atoms with Crippen LogP contribution in [0.15, 0.2) is 60.2 Å². The van der Waals surface area contributed by atoms with Crippen LogP contribution in [0.25, 0.3) is 5.57 Å². The van der Waals surface area contributed by atoms with Crippen molar-refractivity contribution in [1.82, 2.24) is 10.2 Å². The molecule has 0 aromatic heterocycles. The maximum Gasteiger partial charge on any atom is 0.250 e. The van der Waals surface area contributed by atoms with Crippen molar-refractivity contribution in [2.75, 3.05) is 19.7 Å². The van der Waals surface area contributed by atoms with Crippen LogP contribution in [0.5, 0.6) is 5.75 Å². The number of carbonyl (C=O) groups excluding carboxylic acids is 1. The molecule has 0 radical (unpaired) electrons. The van der Waals surface area contributed by atoms with Crippen LogP contribution in [0.2, 0.25) is 5.02 Å². The van der Waals surface area contributed by atoms with Gasteiger partial charge in [0.25, 0.3) is 5.91 Å². The van der Waals surface area contributed by atoms with E-state index in [4.69, 9.17) is 16.3 Å². The van der Waals surface area contributed by atoms with Crippen LogP contribution in [0.1, 0.15) is 64.6 Å². The lowest BCUT2D eigenvalue weighted by molar-refractivity contribution is -0.128. The molecule has 3 aromatic rings. The average molecular weight is 583 g/mol. The van der Waals surface area contributed by atoms with Crippen molar-refractivity contribution in [1.29, 1.82) is 0 Å². The fourth-order valence-corrected chi connectivity index (χ4v) is 6.99.